The van der Waals surface area contributed by atoms with Gasteiger partial charge in [0.1, 0.15) is 0 Å². The van der Waals surface area contributed by atoms with Gasteiger partial charge in [0, 0.05) is 18.8 Å². The molecule has 2 aromatic heterocycles. The first-order valence-corrected chi connectivity index (χ1v) is 5.70. The Morgan fingerprint density at radius 1 is 1.41 bits per heavy atom. The van der Waals surface area contributed by atoms with Crippen LogP contribution in [0.4, 0.5) is 5.95 Å². The molecule has 5 nitrogen and oxygen atoms in total. The molecule has 0 amide bonds. The Labute approximate surface area is 106 Å². The molecule has 3 rings (SSSR count). The monoisotopic (exact) mass is 253 g/mol. The lowest BCUT2D eigenvalue weighted by Gasteiger charge is -2.23. The fourth-order valence-electron chi connectivity index (χ4n) is 2.08. The van der Waals surface area contributed by atoms with Crippen molar-refractivity contribution in [3.8, 4) is 0 Å². The van der Waals surface area contributed by atoms with Gasteiger partial charge in [-0.15, -0.1) is 12.4 Å². The number of imidazole rings is 1. The zero-order valence-electron chi connectivity index (χ0n) is 9.44. The number of rotatable bonds is 2. The average Bonchev–Trinajstić information content (AvgIpc) is 2.72. The highest BCUT2D eigenvalue weighted by Gasteiger charge is 2.14. The summed E-state index contributed by atoms with van der Waals surface area (Å²) in [5.41, 5.74) is 1.75. The van der Waals surface area contributed by atoms with Crippen molar-refractivity contribution in [2.45, 2.75) is 18.9 Å². The molecular formula is C11H16ClN5. The standard InChI is InChI=1S/C11H15N5.ClH/c1-3-8(7-12-5-1)14-11-15-9-4-2-6-13-10(9)16-11;/h2,4,6,8,12H,1,3,5,7H2,(H2,13,14,15,16);1H. The molecular weight excluding hydrogens is 238 g/mol. The summed E-state index contributed by atoms with van der Waals surface area (Å²) in [5, 5.41) is 6.77. The summed E-state index contributed by atoms with van der Waals surface area (Å²) in [6.45, 7) is 2.13. The number of aromatic nitrogens is 3. The van der Waals surface area contributed by atoms with Crippen LogP contribution in [-0.4, -0.2) is 34.1 Å². The first kappa shape index (κ1) is 12.1. The maximum absolute atomic E-state index is 4.40. The van der Waals surface area contributed by atoms with E-state index in [0.29, 0.717) is 6.04 Å². The van der Waals surface area contributed by atoms with E-state index >= 15 is 0 Å². The molecule has 0 aromatic carbocycles. The van der Waals surface area contributed by atoms with Crippen LogP contribution in [0.25, 0.3) is 11.2 Å². The van der Waals surface area contributed by atoms with Gasteiger partial charge >= 0.3 is 0 Å². The minimum atomic E-state index is 0. The van der Waals surface area contributed by atoms with Gasteiger partial charge in [-0.05, 0) is 31.5 Å². The minimum Gasteiger partial charge on any atom is -0.352 e. The van der Waals surface area contributed by atoms with Gasteiger partial charge in [0.05, 0.1) is 5.52 Å². The number of nitrogens with one attached hydrogen (secondary N) is 3. The number of nitrogens with zero attached hydrogens (tertiary/aromatic N) is 2. The van der Waals surface area contributed by atoms with E-state index in [-0.39, 0.29) is 12.4 Å². The Hall–Kier alpha value is -1.33. The highest BCUT2D eigenvalue weighted by Crippen LogP contribution is 2.13. The van der Waals surface area contributed by atoms with Gasteiger partial charge in [0.2, 0.25) is 5.95 Å². The molecule has 1 unspecified atom stereocenters. The number of hydrogen-bond acceptors (Lipinski definition) is 4. The first-order chi connectivity index (χ1) is 7.92. The lowest BCUT2D eigenvalue weighted by Crippen LogP contribution is -2.38. The molecule has 3 N–H and O–H groups in total. The van der Waals surface area contributed by atoms with Gasteiger partial charge in [-0.2, -0.15) is 4.98 Å². The van der Waals surface area contributed by atoms with Crippen LogP contribution < -0.4 is 10.6 Å². The van der Waals surface area contributed by atoms with E-state index in [1.807, 2.05) is 12.1 Å². The predicted octanol–water partition coefficient (Wildman–Crippen LogP) is 1.54. The maximum Gasteiger partial charge on any atom is 0.202 e. The Morgan fingerprint density at radius 2 is 2.35 bits per heavy atom. The van der Waals surface area contributed by atoms with Crippen molar-refractivity contribution in [1.82, 2.24) is 20.3 Å². The van der Waals surface area contributed by atoms with Crippen molar-refractivity contribution in [3.63, 3.8) is 0 Å². The van der Waals surface area contributed by atoms with Crippen LogP contribution in [0.15, 0.2) is 18.3 Å². The van der Waals surface area contributed by atoms with E-state index in [9.17, 15) is 0 Å². The molecule has 3 heterocycles. The van der Waals surface area contributed by atoms with Crippen molar-refractivity contribution in [3.05, 3.63) is 18.3 Å². The number of H-pyrrole nitrogens is 1. The highest BCUT2D eigenvalue weighted by atomic mass is 35.5. The number of hydrogen-bond donors (Lipinski definition) is 3. The Bertz CT molecular complexity index is 444. The minimum absolute atomic E-state index is 0. The van der Waals surface area contributed by atoms with Crippen molar-refractivity contribution >= 4 is 29.5 Å². The van der Waals surface area contributed by atoms with Crippen molar-refractivity contribution in [1.29, 1.82) is 0 Å². The topological polar surface area (TPSA) is 65.6 Å². The second-order valence-electron chi connectivity index (χ2n) is 4.15. The van der Waals surface area contributed by atoms with Crippen LogP contribution >= 0.6 is 12.4 Å². The first-order valence-electron chi connectivity index (χ1n) is 5.70. The van der Waals surface area contributed by atoms with E-state index in [4.69, 9.17) is 0 Å². The van der Waals surface area contributed by atoms with Crippen molar-refractivity contribution < 1.29 is 0 Å². The molecule has 2 aromatic rings. The number of halogens is 1. The summed E-state index contributed by atoms with van der Waals surface area (Å²) in [5.74, 6) is 0.822. The fourth-order valence-corrected chi connectivity index (χ4v) is 2.08. The Kier molecular flexibility index (Phi) is 3.81. The van der Waals surface area contributed by atoms with E-state index in [1.165, 1.54) is 12.8 Å². The molecule has 6 heteroatoms. The molecule has 0 spiro atoms. The highest BCUT2D eigenvalue weighted by molar-refractivity contribution is 5.85. The fraction of sp³-hybridized carbons (Fsp3) is 0.455. The lowest BCUT2D eigenvalue weighted by molar-refractivity contribution is 0.478. The number of fused-ring (bicyclic) bond motifs is 1. The van der Waals surface area contributed by atoms with E-state index in [1.54, 1.807) is 6.20 Å². The van der Waals surface area contributed by atoms with Crippen LogP contribution in [0, 0.1) is 0 Å². The van der Waals surface area contributed by atoms with Gasteiger partial charge in [-0.25, -0.2) is 4.98 Å². The average molecular weight is 254 g/mol. The van der Waals surface area contributed by atoms with Crippen LogP contribution in [0.5, 0.6) is 0 Å². The van der Waals surface area contributed by atoms with Crippen LogP contribution in [-0.2, 0) is 0 Å². The molecule has 92 valence electrons. The van der Waals surface area contributed by atoms with Gasteiger partial charge in [0.25, 0.3) is 0 Å². The molecule has 1 atom stereocenters. The van der Waals surface area contributed by atoms with Gasteiger partial charge in [0.15, 0.2) is 5.65 Å². The number of piperidine rings is 1. The van der Waals surface area contributed by atoms with Crippen LogP contribution in [0.1, 0.15) is 12.8 Å². The molecule has 1 fully saturated rings. The molecule has 1 aliphatic heterocycles. The van der Waals surface area contributed by atoms with E-state index in [2.05, 4.69) is 25.6 Å². The largest absolute Gasteiger partial charge is 0.352 e. The molecule has 0 bridgehead atoms. The van der Waals surface area contributed by atoms with Gasteiger partial charge < -0.3 is 15.6 Å². The SMILES string of the molecule is Cl.c1cnc2nc(NC3CCCNC3)[nH]c2c1. The Morgan fingerprint density at radius 3 is 3.12 bits per heavy atom. The normalized spacial score (nSPS) is 19.9. The van der Waals surface area contributed by atoms with Gasteiger partial charge in [-0.1, -0.05) is 0 Å². The number of pyridine rings is 1. The molecule has 17 heavy (non-hydrogen) atoms. The third kappa shape index (κ3) is 2.68. The molecule has 0 saturated carbocycles. The summed E-state index contributed by atoms with van der Waals surface area (Å²) in [4.78, 5) is 11.8. The zero-order valence-corrected chi connectivity index (χ0v) is 10.3. The van der Waals surface area contributed by atoms with Gasteiger partial charge in [-0.3, -0.25) is 0 Å². The summed E-state index contributed by atoms with van der Waals surface area (Å²) in [6, 6.07) is 4.36. The second-order valence-corrected chi connectivity index (χ2v) is 4.15. The summed E-state index contributed by atoms with van der Waals surface area (Å²) in [6.07, 6.45) is 4.17. The quantitative estimate of drug-likeness (QED) is 0.760. The molecule has 1 aliphatic rings. The molecule has 0 radical (unpaired) electrons. The smallest absolute Gasteiger partial charge is 0.202 e. The second kappa shape index (κ2) is 5.33. The summed E-state index contributed by atoms with van der Waals surface area (Å²) in [7, 11) is 0. The van der Waals surface area contributed by atoms with E-state index < -0.39 is 0 Å². The van der Waals surface area contributed by atoms with E-state index in [0.717, 1.165) is 30.2 Å². The number of aromatic amines is 1. The Balaban J connectivity index is 0.00000108. The maximum atomic E-state index is 4.40. The predicted molar refractivity (Wildman–Crippen MR) is 70.7 cm³/mol. The number of anilines is 1. The van der Waals surface area contributed by atoms with Crippen LogP contribution in [0.2, 0.25) is 0 Å². The summed E-state index contributed by atoms with van der Waals surface area (Å²) >= 11 is 0. The molecule has 1 saturated heterocycles. The summed E-state index contributed by atoms with van der Waals surface area (Å²) < 4.78 is 0. The third-order valence-electron chi connectivity index (χ3n) is 2.90. The van der Waals surface area contributed by atoms with Crippen molar-refractivity contribution in [2.24, 2.45) is 0 Å². The zero-order chi connectivity index (χ0) is 10.8. The van der Waals surface area contributed by atoms with Crippen LogP contribution in [0.3, 0.4) is 0 Å². The van der Waals surface area contributed by atoms with Crippen molar-refractivity contribution in [2.75, 3.05) is 18.4 Å². The molecule has 0 aliphatic carbocycles. The lowest BCUT2D eigenvalue weighted by atomic mass is 10.1. The third-order valence-corrected chi connectivity index (χ3v) is 2.90.